The number of aromatic amines is 1. The Balaban J connectivity index is 1.34. The Labute approximate surface area is 213 Å². The van der Waals surface area contributed by atoms with Crippen molar-refractivity contribution in [1.29, 1.82) is 0 Å². The Morgan fingerprint density at radius 1 is 1.17 bits per heavy atom. The molecule has 2 aromatic heterocycles. The molecule has 0 spiro atoms. The third-order valence-electron chi connectivity index (χ3n) is 7.18. The van der Waals surface area contributed by atoms with E-state index in [0.29, 0.717) is 32.5 Å². The summed E-state index contributed by atoms with van der Waals surface area (Å²) in [6, 6.07) is 16.0. The van der Waals surface area contributed by atoms with Crippen LogP contribution < -0.4 is 0 Å². The van der Waals surface area contributed by atoms with Gasteiger partial charge < -0.3 is 19.9 Å². The molecule has 1 aliphatic rings. The number of aromatic nitrogens is 1. The van der Waals surface area contributed by atoms with Gasteiger partial charge in [-0.15, -0.1) is 11.3 Å². The fourth-order valence-electron chi connectivity index (χ4n) is 5.04. The summed E-state index contributed by atoms with van der Waals surface area (Å²) in [5.41, 5.74) is 2.00. The van der Waals surface area contributed by atoms with Crippen molar-refractivity contribution in [2.45, 2.75) is 44.7 Å². The minimum atomic E-state index is -0.928. The third kappa shape index (κ3) is 4.60. The van der Waals surface area contributed by atoms with E-state index in [0.717, 1.165) is 32.1 Å². The zero-order valence-corrected chi connectivity index (χ0v) is 21.0. The molecule has 0 bridgehead atoms. The summed E-state index contributed by atoms with van der Waals surface area (Å²) in [5.74, 6) is -1.07. The Hall–Kier alpha value is -3.65. The summed E-state index contributed by atoms with van der Waals surface area (Å²) < 4.78 is 1.14. The van der Waals surface area contributed by atoms with Crippen molar-refractivity contribution < 1.29 is 19.5 Å². The molecule has 36 heavy (non-hydrogen) atoms. The molecule has 1 aliphatic heterocycles. The number of carbonyl (C=O) groups excluding carboxylic acids is 2. The molecule has 1 atom stereocenters. The van der Waals surface area contributed by atoms with Crippen molar-refractivity contribution in [1.82, 2.24) is 14.8 Å². The van der Waals surface area contributed by atoms with Crippen molar-refractivity contribution >= 4 is 50.1 Å². The molecule has 7 nitrogen and oxygen atoms in total. The van der Waals surface area contributed by atoms with Crippen LogP contribution in [0.15, 0.2) is 60.1 Å². The maximum atomic E-state index is 13.8. The number of aliphatic carboxylic acids is 1. The number of nitrogens with one attached hydrogen (secondary N) is 1. The average molecular weight is 504 g/mol. The van der Waals surface area contributed by atoms with E-state index in [4.69, 9.17) is 5.11 Å². The van der Waals surface area contributed by atoms with Gasteiger partial charge in [0, 0.05) is 42.5 Å². The molecule has 1 saturated heterocycles. The highest BCUT2D eigenvalue weighted by Gasteiger charge is 2.50. The molecule has 2 aromatic carbocycles. The van der Waals surface area contributed by atoms with Crippen LogP contribution in [0.1, 0.15) is 37.3 Å². The number of carbonyl (C=O) groups is 3. The summed E-state index contributed by atoms with van der Waals surface area (Å²) >= 11 is 1.62. The van der Waals surface area contributed by atoms with Crippen LogP contribution in [0.4, 0.5) is 0 Å². The Morgan fingerprint density at radius 3 is 2.78 bits per heavy atom. The molecule has 0 radical (unpaired) electrons. The zero-order valence-electron chi connectivity index (χ0n) is 20.2. The second-order valence-electron chi connectivity index (χ2n) is 9.63. The number of benzene rings is 2. The first kappa shape index (κ1) is 24.1. The number of carboxylic acid groups (broad SMARTS) is 1. The Bertz CT molecular complexity index is 1440. The third-order valence-corrected chi connectivity index (χ3v) is 8.19. The number of hydrogen-bond donors (Lipinski definition) is 2. The van der Waals surface area contributed by atoms with Gasteiger partial charge in [0.25, 0.3) is 0 Å². The van der Waals surface area contributed by atoms with Gasteiger partial charge in [0.15, 0.2) is 0 Å². The van der Waals surface area contributed by atoms with Crippen molar-refractivity contribution in [2.24, 2.45) is 0 Å². The minimum absolute atomic E-state index is 0.00989. The van der Waals surface area contributed by atoms with Crippen LogP contribution in [0.5, 0.6) is 0 Å². The second-order valence-corrected chi connectivity index (χ2v) is 10.5. The molecule has 2 N–H and O–H groups in total. The summed E-state index contributed by atoms with van der Waals surface area (Å²) in [5, 5.41) is 13.3. The van der Waals surface area contributed by atoms with Gasteiger partial charge in [0.1, 0.15) is 5.54 Å². The number of likely N-dealkylation sites (tertiary alicyclic amines) is 1. The van der Waals surface area contributed by atoms with Crippen LogP contribution in [0.2, 0.25) is 0 Å². The van der Waals surface area contributed by atoms with E-state index < -0.39 is 11.5 Å². The fourth-order valence-corrected chi connectivity index (χ4v) is 6.00. The predicted molar refractivity (Wildman–Crippen MR) is 141 cm³/mol. The van der Waals surface area contributed by atoms with E-state index in [-0.39, 0.29) is 24.7 Å². The lowest BCUT2D eigenvalue weighted by Gasteiger charge is -2.51. The number of amides is 2. The van der Waals surface area contributed by atoms with Crippen LogP contribution in [-0.4, -0.2) is 56.3 Å². The fraction of sp³-hybridized carbons (Fsp3) is 0.321. The number of fused-ring (bicyclic) bond motifs is 2. The molecule has 1 fully saturated rings. The number of nitrogens with zero attached hydrogens (tertiary/aromatic N) is 2. The lowest BCUT2D eigenvalue weighted by atomic mass is 9.84. The number of thiophene rings is 1. The van der Waals surface area contributed by atoms with Gasteiger partial charge in [0.05, 0.1) is 6.42 Å². The van der Waals surface area contributed by atoms with Crippen molar-refractivity contribution in [3.8, 4) is 0 Å². The monoisotopic (exact) mass is 503 g/mol. The van der Waals surface area contributed by atoms with Gasteiger partial charge in [-0.1, -0.05) is 30.3 Å². The normalized spacial score (nSPS) is 17.3. The molecule has 3 heterocycles. The van der Waals surface area contributed by atoms with Crippen molar-refractivity contribution in [2.75, 3.05) is 13.1 Å². The molecule has 8 heteroatoms. The number of H-pyrrole nitrogens is 1. The van der Waals surface area contributed by atoms with Gasteiger partial charge in [0.2, 0.25) is 11.8 Å². The van der Waals surface area contributed by atoms with E-state index >= 15 is 0 Å². The lowest BCUT2D eigenvalue weighted by molar-refractivity contribution is -0.164. The molecule has 1 unspecified atom stereocenters. The topological polar surface area (TPSA) is 93.7 Å². The smallest absolute Gasteiger partial charge is 0.303 e. The van der Waals surface area contributed by atoms with E-state index in [2.05, 4.69) is 4.98 Å². The van der Waals surface area contributed by atoms with Gasteiger partial charge in [-0.2, -0.15) is 0 Å². The minimum Gasteiger partial charge on any atom is -0.481 e. The van der Waals surface area contributed by atoms with Crippen LogP contribution >= 0.6 is 11.3 Å². The largest absolute Gasteiger partial charge is 0.481 e. The Morgan fingerprint density at radius 2 is 2.00 bits per heavy atom. The number of carboxylic acids is 1. The standard InChI is InChI=1S/C28H29N3O4S/c1-28(11-14-31(28)25(32)16-21-18-36-24-6-3-2-5-22(21)24)27(35)30(13-4-7-26(33)34)17-19-8-9-20-10-12-29-23(20)15-19/h2-3,5-6,8-10,12,15,18,29H,4,7,11,13-14,16-17H2,1H3,(H,33,34). The molecule has 4 aromatic rings. The van der Waals surface area contributed by atoms with E-state index in [1.807, 2.05) is 67.0 Å². The molecular formula is C28H29N3O4S. The van der Waals surface area contributed by atoms with Crippen molar-refractivity contribution in [3.05, 3.63) is 71.2 Å². The number of rotatable bonds is 9. The van der Waals surface area contributed by atoms with Crippen LogP contribution in [-0.2, 0) is 27.3 Å². The van der Waals surface area contributed by atoms with Gasteiger partial charge in [-0.3, -0.25) is 14.4 Å². The zero-order chi connectivity index (χ0) is 25.3. The molecular weight excluding hydrogens is 474 g/mol. The van der Waals surface area contributed by atoms with E-state index in [1.54, 1.807) is 21.1 Å². The SMILES string of the molecule is CC1(C(=O)N(CCCC(=O)O)Cc2ccc3cc[nH]c3c2)CCN1C(=O)Cc1csc2ccccc12. The lowest BCUT2D eigenvalue weighted by Crippen LogP contribution is -2.68. The van der Waals surface area contributed by atoms with E-state index in [9.17, 15) is 14.4 Å². The maximum Gasteiger partial charge on any atom is 0.303 e. The highest BCUT2D eigenvalue weighted by molar-refractivity contribution is 7.17. The molecule has 5 rings (SSSR count). The first-order valence-electron chi connectivity index (χ1n) is 12.2. The highest BCUT2D eigenvalue weighted by atomic mass is 32.1. The molecule has 186 valence electrons. The molecule has 0 aliphatic carbocycles. The first-order chi connectivity index (χ1) is 17.3. The van der Waals surface area contributed by atoms with Gasteiger partial charge >= 0.3 is 5.97 Å². The summed E-state index contributed by atoms with van der Waals surface area (Å²) in [7, 11) is 0. The first-order valence-corrected chi connectivity index (χ1v) is 13.1. The molecule has 0 saturated carbocycles. The number of hydrogen-bond acceptors (Lipinski definition) is 4. The van der Waals surface area contributed by atoms with Crippen LogP contribution in [0.3, 0.4) is 0 Å². The van der Waals surface area contributed by atoms with Crippen LogP contribution in [0, 0.1) is 0 Å². The van der Waals surface area contributed by atoms with E-state index in [1.165, 1.54) is 0 Å². The summed E-state index contributed by atoms with van der Waals surface area (Å²) in [6.07, 6.45) is 3.07. The summed E-state index contributed by atoms with van der Waals surface area (Å²) in [4.78, 5) is 44.9. The van der Waals surface area contributed by atoms with Crippen molar-refractivity contribution in [3.63, 3.8) is 0 Å². The quantitative estimate of drug-likeness (QED) is 0.343. The van der Waals surface area contributed by atoms with Gasteiger partial charge in [-0.25, -0.2) is 0 Å². The summed E-state index contributed by atoms with van der Waals surface area (Å²) in [6.45, 7) is 3.06. The predicted octanol–water partition coefficient (Wildman–Crippen LogP) is 4.81. The highest BCUT2D eigenvalue weighted by Crippen LogP contribution is 2.35. The second kappa shape index (κ2) is 9.78. The maximum absolute atomic E-state index is 13.8. The average Bonchev–Trinajstić information content (AvgIpc) is 3.48. The van der Waals surface area contributed by atoms with Gasteiger partial charge in [-0.05, 0) is 65.2 Å². The van der Waals surface area contributed by atoms with Crippen LogP contribution in [0.25, 0.3) is 21.0 Å². The molecule has 2 amide bonds. The Kier molecular flexibility index (Phi) is 6.53.